The number of hydrogen-bond donors (Lipinski definition) is 2. The maximum Gasteiger partial charge on any atom is 0.113 e. The summed E-state index contributed by atoms with van der Waals surface area (Å²) in [5, 5.41) is 16.5. The van der Waals surface area contributed by atoms with Crippen molar-refractivity contribution in [2.24, 2.45) is 0 Å². The van der Waals surface area contributed by atoms with Crippen LogP contribution in [0, 0.1) is 0 Å². The van der Waals surface area contributed by atoms with E-state index >= 15 is 0 Å². The van der Waals surface area contributed by atoms with Crippen molar-refractivity contribution in [2.45, 2.75) is 26.1 Å². The smallest absolute Gasteiger partial charge is 0.113 e. The second-order valence-electron chi connectivity index (χ2n) is 3.59. The molecule has 0 aliphatic rings. The first kappa shape index (κ1) is 16.7. The van der Waals surface area contributed by atoms with Gasteiger partial charge >= 0.3 is 0 Å². The van der Waals surface area contributed by atoms with Crippen molar-refractivity contribution in [3.8, 4) is 0 Å². The van der Waals surface area contributed by atoms with Crippen LogP contribution in [-0.2, 0) is 24.0 Å². The van der Waals surface area contributed by atoms with Gasteiger partial charge < -0.3 is 14.2 Å². The van der Waals surface area contributed by atoms with Crippen LogP contribution in [0.25, 0.3) is 0 Å². The van der Waals surface area contributed by atoms with Crippen molar-refractivity contribution in [1.82, 2.24) is 0 Å². The summed E-state index contributed by atoms with van der Waals surface area (Å²) in [6.45, 7) is 5.80. The van der Waals surface area contributed by atoms with Crippen LogP contribution in [0.1, 0.15) is 13.8 Å². The summed E-state index contributed by atoms with van der Waals surface area (Å²) in [4.78, 5) is 8.05. The molecular weight excluding hydrogens is 232 g/mol. The van der Waals surface area contributed by atoms with E-state index < -0.39 is 0 Å². The van der Waals surface area contributed by atoms with Crippen LogP contribution < -0.4 is 0 Å². The molecule has 0 aliphatic carbocycles. The molecule has 0 heterocycles. The highest BCUT2D eigenvalue weighted by Crippen LogP contribution is 1.90. The molecule has 0 rings (SSSR count). The normalized spacial score (nSPS) is 14.8. The zero-order valence-corrected chi connectivity index (χ0v) is 10.3. The molecule has 0 spiro atoms. The Morgan fingerprint density at radius 1 is 0.706 bits per heavy atom. The van der Waals surface area contributed by atoms with Crippen LogP contribution in [0.15, 0.2) is 0 Å². The quantitative estimate of drug-likeness (QED) is 0.302. The fourth-order valence-corrected chi connectivity index (χ4v) is 0.897. The molecule has 17 heavy (non-hydrogen) atoms. The van der Waals surface area contributed by atoms with E-state index in [-0.39, 0.29) is 12.2 Å². The average Bonchev–Trinajstić information content (AvgIpc) is 2.35. The molecule has 0 amide bonds. The summed E-state index contributed by atoms with van der Waals surface area (Å²) < 4.78 is 15.5. The lowest BCUT2D eigenvalue weighted by Gasteiger charge is -2.10. The Labute approximate surface area is 101 Å². The molecule has 0 saturated heterocycles. The molecule has 0 bridgehead atoms. The number of ether oxygens (including phenoxy) is 3. The minimum Gasteiger partial charge on any atom is -0.377 e. The molecule has 0 radical (unpaired) electrons. The zero-order valence-electron chi connectivity index (χ0n) is 10.3. The summed E-state index contributed by atoms with van der Waals surface area (Å²) >= 11 is 0. The van der Waals surface area contributed by atoms with Gasteiger partial charge in [-0.3, -0.25) is 10.5 Å². The van der Waals surface area contributed by atoms with Gasteiger partial charge in [0.15, 0.2) is 0 Å². The first-order valence-corrected chi connectivity index (χ1v) is 5.54. The van der Waals surface area contributed by atoms with Crippen molar-refractivity contribution in [3.05, 3.63) is 0 Å². The topological polar surface area (TPSA) is 86.6 Å². The maximum absolute atomic E-state index is 8.24. The Bertz CT molecular complexity index is 140. The summed E-state index contributed by atoms with van der Waals surface area (Å²) in [5.74, 6) is 0. The Morgan fingerprint density at radius 2 is 1.06 bits per heavy atom. The summed E-state index contributed by atoms with van der Waals surface area (Å²) in [7, 11) is 0. The van der Waals surface area contributed by atoms with Gasteiger partial charge in [-0.25, -0.2) is 9.78 Å². The average molecular weight is 254 g/mol. The van der Waals surface area contributed by atoms with Gasteiger partial charge in [-0.15, -0.1) is 0 Å². The third-order valence-corrected chi connectivity index (χ3v) is 1.81. The Morgan fingerprint density at radius 3 is 1.41 bits per heavy atom. The summed E-state index contributed by atoms with van der Waals surface area (Å²) in [5.41, 5.74) is 0. The van der Waals surface area contributed by atoms with E-state index in [4.69, 9.17) is 24.7 Å². The number of hydrogen-bond acceptors (Lipinski definition) is 7. The van der Waals surface area contributed by atoms with E-state index in [0.29, 0.717) is 39.6 Å². The van der Waals surface area contributed by atoms with Crippen LogP contribution in [0.3, 0.4) is 0 Å². The Kier molecular flexibility index (Phi) is 12.0. The lowest BCUT2D eigenvalue weighted by atomic mass is 10.4. The van der Waals surface area contributed by atoms with E-state index in [1.165, 1.54) is 0 Å². The highest BCUT2D eigenvalue weighted by atomic mass is 17.1. The lowest BCUT2D eigenvalue weighted by molar-refractivity contribution is -0.283. The van der Waals surface area contributed by atoms with E-state index in [1.54, 1.807) is 13.8 Å². The molecule has 7 nitrogen and oxygen atoms in total. The molecule has 2 unspecified atom stereocenters. The van der Waals surface area contributed by atoms with E-state index in [0.717, 1.165) is 0 Å². The predicted octanol–water partition coefficient (Wildman–Crippen LogP) is 0.792. The van der Waals surface area contributed by atoms with E-state index in [9.17, 15) is 0 Å². The van der Waals surface area contributed by atoms with E-state index in [2.05, 4.69) is 9.78 Å². The van der Waals surface area contributed by atoms with Crippen molar-refractivity contribution in [2.75, 3.05) is 39.6 Å². The van der Waals surface area contributed by atoms with Crippen LogP contribution in [-0.4, -0.2) is 62.4 Å². The standard InChI is InChI=1S/C10H22O7/c1-9(16-11)7-14-5-3-13-4-6-15-8-10(2)17-12/h9-12H,3-8H2,1-2H3. The molecule has 0 aliphatic heterocycles. The third kappa shape index (κ3) is 12.0. The van der Waals surface area contributed by atoms with Gasteiger partial charge in [-0.1, -0.05) is 0 Å². The molecule has 0 fully saturated rings. The molecule has 0 aromatic carbocycles. The first-order valence-electron chi connectivity index (χ1n) is 5.54. The second-order valence-corrected chi connectivity index (χ2v) is 3.59. The van der Waals surface area contributed by atoms with Gasteiger partial charge in [0.1, 0.15) is 12.2 Å². The largest absolute Gasteiger partial charge is 0.377 e. The fraction of sp³-hybridized carbons (Fsp3) is 1.00. The molecule has 0 aromatic heterocycles. The Balaban J connectivity index is 3.04. The SMILES string of the molecule is CC(COCCOCCOCC(C)OO)OO. The molecule has 2 atom stereocenters. The molecule has 2 N–H and O–H groups in total. The molecular formula is C10H22O7. The molecule has 104 valence electrons. The van der Waals surface area contributed by atoms with Gasteiger partial charge in [-0.05, 0) is 13.8 Å². The van der Waals surface area contributed by atoms with Crippen molar-refractivity contribution >= 4 is 0 Å². The minimum atomic E-state index is -0.335. The highest BCUT2D eigenvalue weighted by molar-refractivity contribution is 4.44. The molecule has 0 saturated carbocycles. The van der Waals surface area contributed by atoms with Gasteiger partial charge in [0.2, 0.25) is 0 Å². The number of rotatable bonds is 12. The van der Waals surface area contributed by atoms with Gasteiger partial charge in [-0.2, -0.15) is 0 Å². The summed E-state index contributed by atoms with van der Waals surface area (Å²) in [6, 6.07) is 0. The third-order valence-electron chi connectivity index (χ3n) is 1.81. The molecule has 0 aromatic rings. The summed E-state index contributed by atoms with van der Waals surface area (Å²) in [6.07, 6.45) is -0.670. The van der Waals surface area contributed by atoms with Crippen molar-refractivity contribution in [1.29, 1.82) is 0 Å². The van der Waals surface area contributed by atoms with Crippen molar-refractivity contribution < 1.29 is 34.5 Å². The van der Waals surface area contributed by atoms with Crippen LogP contribution in [0.4, 0.5) is 0 Å². The fourth-order valence-electron chi connectivity index (χ4n) is 0.897. The van der Waals surface area contributed by atoms with Gasteiger partial charge in [0.05, 0.1) is 39.6 Å². The van der Waals surface area contributed by atoms with E-state index in [1.807, 2.05) is 0 Å². The van der Waals surface area contributed by atoms with Crippen LogP contribution >= 0.6 is 0 Å². The van der Waals surface area contributed by atoms with Crippen LogP contribution in [0.5, 0.6) is 0 Å². The van der Waals surface area contributed by atoms with Crippen LogP contribution in [0.2, 0.25) is 0 Å². The lowest BCUT2D eigenvalue weighted by Crippen LogP contribution is -2.18. The van der Waals surface area contributed by atoms with Gasteiger partial charge in [0, 0.05) is 0 Å². The molecule has 7 heteroatoms. The predicted molar refractivity (Wildman–Crippen MR) is 58.8 cm³/mol. The zero-order chi connectivity index (χ0) is 12.9. The van der Waals surface area contributed by atoms with Crippen molar-refractivity contribution in [3.63, 3.8) is 0 Å². The monoisotopic (exact) mass is 254 g/mol. The Hall–Kier alpha value is -0.280. The highest BCUT2D eigenvalue weighted by Gasteiger charge is 2.01. The maximum atomic E-state index is 8.24. The minimum absolute atomic E-state index is 0.321. The van der Waals surface area contributed by atoms with Gasteiger partial charge in [0.25, 0.3) is 0 Å². The first-order chi connectivity index (χ1) is 8.20. The second kappa shape index (κ2) is 12.2.